The van der Waals surface area contributed by atoms with Crippen molar-refractivity contribution in [3.05, 3.63) is 51.1 Å². The maximum atomic E-state index is 11.1. The van der Waals surface area contributed by atoms with E-state index in [1.54, 1.807) is 25.1 Å². The van der Waals surface area contributed by atoms with Crippen LogP contribution >= 0.6 is 11.3 Å². The summed E-state index contributed by atoms with van der Waals surface area (Å²) in [6.45, 7) is 2.07. The van der Waals surface area contributed by atoms with Crippen LogP contribution in [0.4, 0.5) is 10.7 Å². The number of thiophene rings is 1. The molecule has 2 aromatic heterocycles. The minimum Gasteiger partial charge on any atom is -0.388 e. The summed E-state index contributed by atoms with van der Waals surface area (Å²) in [6.07, 6.45) is 0.975. The van der Waals surface area contributed by atoms with E-state index >= 15 is 0 Å². The number of aliphatic hydroxyl groups is 1. The zero-order valence-corrected chi connectivity index (χ0v) is 12.0. The SMILES string of the molecule is C[C@@H](O)c1cc([N+](=O)[O-])c(N(C)Cc2ccccn2)s1. The smallest absolute Gasteiger partial charge is 0.304 e. The van der Waals surface area contributed by atoms with Crippen LogP contribution in [0.2, 0.25) is 0 Å². The number of rotatable bonds is 5. The summed E-state index contributed by atoms with van der Waals surface area (Å²) in [7, 11) is 1.78. The van der Waals surface area contributed by atoms with Crippen LogP contribution in [0, 0.1) is 10.1 Å². The first-order valence-corrected chi connectivity index (χ1v) is 6.88. The monoisotopic (exact) mass is 293 g/mol. The van der Waals surface area contributed by atoms with Gasteiger partial charge in [-0.1, -0.05) is 6.07 Å². The van der Waals surface area contributed by atoms with Crippen molar-refractivity contribution in [2.45, 2.75) is 19.6 Å². The standard InChI is InChI=1S/C13H15N3O3S/c1-9(17)12-7-11(16(18)19)13(20-12)15(2)8-10-5-3-4-6-14-10/h3-7,9,17H,8H2,1-2H3/t9-/m1/s1. The first-order chi connectivity index (χ1) is 9.49. The molecular formula is C13H15N3O3S. The first kappa shape index (κ1) is 14.4. The third-order valence-electron chi connectivity index (χ3n) is 2.79. The van der Waals surface area contributed by atoms with E-state index in [0.29, 0.717) is 16.4 Å². The predicted molar refractivity (Wildman–Crippen MR) is 78.0 cm³/mol. The van der Waals surface area contributed by atoms with Gasteiger partial charge in [0.2, 0.25) is 0 Å². The number of nitrogens with zero attached hydrogens (tertiary/aromatic N) is 3. The quantitative estimate of drug-likeness (QED) is 0.677. The van der Waals surface area contributed by atoms with Crippen LogP contribution in [0.5, 0.6) is 0 Å². The number of hydrogen-bond donors (Lipinski definition) is 1. The lowest BCUT2D eigenvalue weighted by atomic mass is 10.3. The number of aliphatic hydroxyl groups excluding tert-OH is 1. The summed E-state index contributed by atoms with van der Waals surface area (Å²) in [5.74, 6) is 0. The highest BCUT2D eigenvalue weighted by atomic mass is 32.1. The van der Waals surface area contributed by atoms with E-state index in [0.717, 1.165) is 5.69 Å². The first-order valence-electron chi connectivity index (χ1n) is 6.06. The minimum absolute atomic E-state index is 0.0179. The average molecular weight is 293 g/mol. The van der Waals surface area contributed by atoms with Gasteiger partial charge in [0.25, 0.3) is 0 Å². The molecule has 0 spiro atoms. The molecule has 20 heavy (non-hydrogen) atoms. The van der Waals surface area contributed by atoms with E-state index in [4.69, 9.17) is 0 Å². The Morgan fingerprint density at radius 3 is 2.85 bits per heavy atom. The lowest BCUT2D eigenvalue weighted by Crippen LogP contribution is -2.16. The Hall–Kier alpha value is -1.99. The highest BCUT2D eigenvalue weighted by Crippen LogP contribution is 2.39. The van der Waals surface area contributed by atoms with Gasteiger partial charge in [-0.05, 0) is 19.1 Å². The summed E-state index contributed by atoms with van der Waals surface area (Å²) in [5, 5.41) is 21.2. The van der Waals surface area contributed by atoms with Crippen molar-refractivity contribution in [1.29, 1.82) is 0 Å². The van der Waals surface area contributed by atoms with Gasteiger partial charge in [0, 0.05) is 24.2 Å². The molecule has 0 amide bonds. The molecule has 0 bridgehead atoms. The fourth-order valence-electron chi connectivity index (χ4n) is 1.81. The zero-order chi connectivity index (χ0) is 14.7. The topological polar surface area (TPSA) is 79.5 Å². The molecular weight excluding hydrogens is 278 g/mol. The van der Waals surface area contributed by atoms with Crippen molar-refractivity contribution in [3.63, 3.8) is 0 Å². The number of aromatic nitrogens is 1. The van der Waals surface area contributed by atoms with Gasteiger partial charge >= 0.3 is 5.69 Å². The molecule has 0 aliphatic rings. The van der Waals surface area contributed by atoms with Crippen LogP contribution in [-0.4, -0.2) is 22.1 Å². The fourth-order valence-corrected chi connectivity index (χ4v) is 2.83. The molecule has 0 aliphatic carbocycles. The van der Waals surface area contributed by atoms with Crippen LogP contribution in [0.1, 0.15) is 23.6 Å². The van der Waals surface area contributed by atoms with Crippen LogP contribution in [0.3, 0.4) is 0 Å². The van der Waals surface area contributed by atoms with Gasteiger partial charge in [0.1, 0.15) is 0 Å². The van der Waals surface area contributed by atoms with E-state index in [1.807, 2.05) is 18.2 Å². The van der Waals surface area contributed by atoms with Crippen molar-refractivity contribution in [2.75, 3.05) is 11.9 Å². The molecule has 0 unspecified atom stereocenters. The third-order valence-corrected chi connectivity index (χ3v) is 4.20. The molecule has 2 heterocycles. The minimum atomic E-state index is -0.712. The summed E-state index contributed by atoms with van der Waals surface area (Å²) < 4.78 is 0. The second kappa shape index (κ2) is 5.98. The molecule has 1 N–H and O–H groups in total. The fraction of sp³-hybridized carbons (Fsp3) is 0.308. The molecule has 6 nitrogen and oxygen atoms in total. The number of nitro groups is 1. The molecule has 0 saturated carbocycles. The molecule has 0 radical (unpaired) electrons. The molecule has 0 fully saturated rings. The zero-order valence-electron chi connectivity index (χ0n) is 11.2. The molecule has 1 atom stereocenters. The third kappa shape index (κ3) is 3.12. The van der Waals surface area contributed by atoms with Gasteiger partial charge < -0.3 is 10.0 Å². The van der Waals surface area contributed by atoms with Crippen LogP contribution < -0.4 is 4.90 Å². The molecule has 7 heteroatoms. The average Bonchev–Trinajstić information content (AvgIpc) is 2.85. The Labute approximate surface area is 120 Å². The Bertz CT molecular complexity index is 598. The Morgan fingerprint density at radius 2 is 2.30 bits per heavy atom. The van der Waals surface area contributed by atoms with E-state index < -0.39 is 11.0 Å². The van der Waals surface area contributed by atoms with E-state index in [1.165, 1.54) is 17.4 Å². The van der Waals surface area contributed by atoms with Crippen LogP contribution in [0.25, 0.3) is 0 Å². The Morgan fingerprint density at radius 1 is 1.55 bits per heavy atom. The van der Waals surface area contributed by atoms with E-state index in [9.17, 15) is 15.2 Å². The van der Waals surface area contributed by atoms with Crippen molar-refractivity contribution in [2.24, 2.45) is 0 Å². The van der Waals surface area contributed by atoms with Gasteiger partial charge in [-0.2, -0.15) is 0 Å². The van der Waals surface area contributed by atoms with Crippen LogP contribution in [-0.2, 0) is 6.54 Å². The lowest BCUT2D eigenvalue weighted by molar-refractivity contribution is -0.383. The molecule has 106 valence electrons. The van der Waals surface area contributed by atoms with Crippen LogP contribution in [0.15, 0.2) is 30.5 Å². The summed E-state index contributed by atoms with van der Waals surface area (Å²) in [4.78, 5) is 17.2. The molecule has 0 aliphatic heterocycles. The molecule has 2 aromatic rings. The molecule has 0 aromatic carbocycles. The van der Waals surface area contributed by atoms with Crippen molar-refractivity contribution in [3.8, 4) is 0 Å². The lowest BCUT2D eigenvalue weighted by Gasteiger charge is -2.15. The largest absolute Gasteiger partial charge is 0.388 e. The van der Waals surface area contributed by atoms with E-state index in [-0.39, 0.29) is 5.69 Å². The van der Waals surface area contributed by atoms with Crippen molar-refractivity contribution in [1.82, 2.24) is 4.98 Å². The number of hydrogen-bond acceptors (Lipinski definition) is 6. The van der Waals surface area contributed by atoms with Gasteiger partial charge in [0.05, 0.1) is 23.3 Å². The maximum Gasteiger partial charge on any atom is 0.304 e. The maximum absolute atomic E-state index is 11.1. The second-order valence-corrected chi connectivity index (χ2v) is 5.51. The van der Waals surface area contributed by atoms with E-state index in [2.05, 4.69) is 4.98 Å². The highest BCUT2D eigenvalue weighted by Gasteiger charge is 2.23. The van der Waals surface area contributed by atoms with Gasteiger partial charge in [-0.3, -0.25) is 15.1 Å². The van der Waals surface area contributed by atoms with Crippen molar-refractivity contribution >= 4 is 22.0 Å². The molecule has 2 rings (SSSR count). The Balaban J connectivity index is 2.28. The summed E-state index contributed by atoms with van der Waals surface area (Å²) in [6, 6.07) is 6.99. The van der Waals surface area contributed by atoms with Crippen molar-refractivity contribution < 1.29 is 10.0 Å². The normalized spacial score (nSPS) is 12.2. The number of pyridine rings is 1. The molecule has 0 saturated heterocycles. The van der Waals surface area contributed by atoms with Gasteiger partial charge in [0.15, 0.2) is 5.00 Å². The summed E-state index contributed by atoms with van der Waals surface area (Å²) in [5.41, 5.74) is 0.848. The predicted octanol–water partition coefficient (Wildman–Crippen LogP) is 2.74. The van der Waals surface area contributed by atoms with Gasteiger partial charge in [-0.25, -0.2) is 0 Å². The Kier molecular flexibility index (Phi) is 4.31. The number of anilines is 1. The second-order valence-electron chi connectivity index (χ2n) is 4.45. The van der Waals surface area contributed by atoms with Gasteiger partial charge in [-0.15, -0.1) is 11.3 Å². The summed E-state index contributed by atoms with van der Waals surface area (Å²) >= 11 is 1.23. The highest BCUT2D eigenvalue weighted by molar-refractivity contribution is 7.16.